The average molecular weight is 365 g/mol. The van der Waals surface area contributed by atoms with Crippen molar-refractivity contribution in [3.8, 4) is 22.8 Å². The topological polar surface area (TPSA) is 68.7 Å². The molecule has 0 amide bonds. The number of hydrogen-bond acceptors (Lipinski definition) is 4. The van der Waals surface area contributed by atoms with Crippen molar-refractivity contribution in [2.45, 2.75) is 27.2 Å². The Balaban J connectivity index is 2.12. The summed E-state index contributed by atoms with van der Waals surface area (Å²) in [6, 6.07) is 12.8. The van der Waals surface area contributed by atoms with Crippen molar-refractivity contribution in [1.82, 2.24) is 4.98 Å². The zero-order valence-corrected chi connectivity index (χ0v) is 15.8. The van der Waals surface area contributed by atoms with Crippen LogP contribution in [-0.4, -0.2) is 29.3 Å². The summed E-state index contributed by atoms with van der Waals surface area (Å²) >= 11 is 0. The Morgan fingerprint density at radius 3 is 2.56 bits per heavy atom. The van der Waals surface area contributed by atoms with Crippen LogP contribution in [0.4, 0.5) is 0 Å². The molecular weight excluding hydrogens is 342 g/mol. The van der Waals surface area contributed by atoms with Gasteiger partial charge in [-0.25, -0.2) is 9.78 Å². The van der Waals surface area contributed by atoms with Crippen molar-refractivity contribution >= 4 is 16.9 Å². The van der Waals surface area contributed by atoms with E-state index in [9.17, 15) is 9.90 Å². The van der Waals surface area contributed by atoms with E-state index < -0.39 is 5.97 Å². The van der Waals surface area contributed by atoms with Crippen LogP contribution in [-0.2, 0) is 0 Å². The number of aromatic nitrogens is 1. The number of fused-ring (bicyclic) bond motifs is 1. The highest BCUT2D eigenvalue weighted by Gasteiger charge is 2.15. The number of aromatic carboxylic acids is 1. The lowest BCUT2D eigenvalue weighted by atomic mass is 10.0. The molecule has 0 fully saturated rings. The van der Waals surface area contributed by atoms with Gasteiger partial charge in [0.05, 0.1) is 30.0 Å². The van der Waals surface area contributed by atoms with Crippen molar-refractivity contribution < 1.29 is 19.4 Å². The lowest BCUT2D eigenvalue weighted by Gasteiger charge is -2.14. The minimum atomic E-state index is -0.970. The first kappa shape index (κ1) is 18.7. The quantitative estimate of drug-likeness (QED) is 0.631. The Morgan fingerprint density at radius 2 is 1.85 bits per heavy atom. The van der Waals surface area contributed by atoms with Gasteiger partial charge in [-0.3, -0.25) is 0 Å². The zero-order chi connectivity index (χ0) is 19.4. The molecule has 0 saturated heterocycles. The molecule has 0 spiro atoms. The monoisotopic (exact) mass is 365 g/mol. The Labute approximate surface area is 158 Å². The molecule has 0 bridgehead atoms. The molecule has 140 valence electrons. The second-order valence-electron chi connectivity index (χ2n) is 6.32. The summed E-state index contributed by atoms with van der Waals surface area (Å²) in [6.45, 7) is 7.01. The molecule has 2 aromatic carbocycles. The summed E-state index contributed by atoms with van der Waals surface area (Å²) in [4.78, 5) is 16.4. The summed E-state index contributed by atoms with van der Waals surface area (Å²) in [5, 5.41) is 10.3. The van der Waals surface area contributed by atoms with Gasteiger partial charge < -0.3 is 14.6 Å². The van der Waals surface area contributed by atoms with E-state index in [-0.39, 0.29) is 5.56 Å². The fourth-order valence-corrected chi connectivity index (χ4v) is 2.93. The van der Waals surface area contributed by atoms with Crippen molar-refractivity contribution in [1.29, 1.82) is 0 Å². The van der Waals surface area contributed by atoms with Gasteiger partial charge in [0.15, 0.2) is 11.5 Å². The number of aryl methyl sites for hydroxylation is 1. The standard InChI is InChI=1S/C22H23NO4/c1-4-10-27-20-9-7-15(12-21(20)26-5-2)19-13-17(22(24)25)16-11-14(3)6-8-18(16)23-19/h6-9,11-13H,4-5,10H2,1-3H3,(H,24,25). The normalized spacial score (nSPS) is 10.8. The van der Waals surface area contributed by atoms with Crippen LogP contribution in [0.3, 0.4) is 0 Å². The maximum Gasteiger partial charge on any atom is 0.336 e. The first-order valence-corrected chi connectivity index (χ1v) is 9.08. The first-order valence-electron chi connectivity index (χ1n) is 9.08. The maximum atomic E-state index is 11.8. The molecule has 0 saturated carbocycles. The van der Waals surface area contributed by atoms with Gasteiger partial charge in [0, 0.05) is 10.9 Å². The largest absolute Gasteiger partial charge is 0.490 e. The fourth-order valence-electron chi connectivity index (χ4n) is 2.93. The molecule has 1 aromatic heterocycles. The summed E-state index contributed by atoms with van der Waals surface area (Å²) in [5.41, 5.74) is 3.26. The molecule has 0 atom stereocenters. The van der Waals surface area contributed by atoms with Crippen LogP contribution in [0.25, 0.3) is 22.2 Å². The van der Waals surface area contributed by atoms with Crippen molar-refractivity contribution in [3.05, 3.63) is 53.6 Å². The summed E-state index contributed by atoms with van der Waals surface area (Å²) in [6.07, 6.45) is 0.904. The van der Waals surface area contributed by atoms with Crippen LogP contribution in [0, 0.1) is 6.92 Å². The minimum absolute atomic E-state index is 0.239. The van der Waals surface area contributed by atoms with Crippen LogP contribution in [0.15, 0.2) is 42.5 Å². The second-order valence-corrected chi connectivity index (χ2v) is 6.32. The summed E-state index contributed by atoms with van der Waals surface area (Å²) < 4.78 is 11.4. The molecule has 0 aliphatic heterocycles. The Bertz CT molecular complexity index is 981. The molecule has 5 nitrogen and oxygen atoms in total. The van der Waals surface area contributed by atoms with Crippen LogP contribution >= 0.6 is 0 Å². The molecule has 0 radical (unpaired) electrons. The van der Waals surface area contributed by atoms with Crippen LogP contribution in [0.1, 0.15) is 36.2 Å². The second kappa shape index (κ2) is 8.08. The molecular formula is C22H23NO4. The molecule has 3 rings (SSSR count). The predicted octanol–water partition coefficient (Wildman–Crippen LogP) is 5.10. The summed E-state index contributed by atoms with van der Waals surface area (Å²) in [7, 11) is 0. The predicted molar refractivity (Wildman–Crippen MR) is 106 cm³/mol. The highest BCUT2D eigenvalue weighted by molar-refractivity contribution is 6.04. The molecule has 0 aliphatic rings. The lowest BCUT2D eigenvalue weighted by Crippen LogP contribution is -2.02. The third kappa shape index (κ3) is 4.03. The van der Waals surface area contributed by atoms with Gasteiger partial charge in [0.25, 0.3) is 0 Å². The number of pyridine rings is 1. The van der Waals surface area contributed by atoms with Crippen LogP contribution in [0.5, 0.6) is 11.5 Å². The number of carboxylic acids is 1. The van der Waals surface area contributed by atoms with Crippen molar-refractivity contribution in [2.75, 3.05) is 13.2 Å². The number of rotatable bonds is 7. The highest BCUT2D eigenvalue weighted by Crippen LogP contribution is 2.34. The van der Waals surface area contributed by atoms with Gasteiger partial charge in [-0.05, 0) is 56.7 Å². The molecule has 0 aliphatic carbocycles. The van der Waals surface area contributed by atoms with Gasteiger partial charge >= 0.3 is 5.97 Å². The van der Waals surface area contributed by atoms with E-state index in [0.29, 0.717) is 41.3 Å². The number of benzene rings is 2. The van der Waals surface area contributed by atoms with Crippen LogP contribution in [0.2, 0.25) is 0 Å². The highest BCUT2D eigenvalue weighted by atomic mass is 16.5. The van der Waals surface area contributed by atoms with Gasteiger partial charge in [-0.1, -0.05) is 18.6 Å². The summed E-state index contributed by atoms with van der Waals surface area (Å²) in [5.74, 6) is 0.339. The molecule has 27 heavy (non-hydrogen) atoms. The Kier molecular flexibility index (Phi) is 5.60. The first-order chi connectivity index (χ1) is 13.0. The zero-order valence-electron chi connectivity index (χ0n) is 15.8. The number of carboxylic acid groups (broad SMARTS) is 1. The number of carbonyl (C=O) groups is 1. The van der Waals surface area contributed by atoms with Crippen molar-refractivity contribution in [2.24, 2.45) is 0 Å². The molecule has 5 heteroatoms. The van der Waals surface area contributed by atoms with E-state index in [1.54, 1.807) is 6.07 Å². The maximum absolute atomic E-state index is 11.8. The van der Waals surface area contributed by atoms with E-state index in [0.717, 1.165) is 17.5 Å². The molecule has 1 heterocycles. The SMILES string of the molecule is CCCOc1ccc(-c2cc(C(=O)O)c3cc(C)ccc3n2)cc1OCC. The van der Waals surface area contributed by atoms with E-state index in [4.69, 9.17) is 9.47 Å². The van der Waals surface area contributed by atoms with Gasteiger partial charge in [-0.15, -0.1) is 0 Å². The van der Waals surface area contributed by atoms with Crippen LogP contribution < -0.4 is 9.47 Å². The van der Waals surface area contributed by atoms with E-state index >= 15 is 0 Å². The third-order valence-electron chi connectivity index (χ3n) is 4.20. The van der Waals surface area contributed by atoms with E-state index in [2.05, 4.69) is 4.98 Å². The van der Waals surface area contributed by atoms with Gasteiger partial charge in [0.2, 0.25) is 0 Å². The Hall–Kier alpha value is -3.08. The van der Waals surface area contributed by atoms with Crippen molar-refractivity contribution in [3.63, 3.8) is 0 Å². The fraction of sp³-hybridized carbons (Fsp3) is 0.273. The average Bonchev–Trinajstić information content (AvgIpc) is 2.66. The molecule has 1 N–H and O–H groups in total. The third-order valence-corrected chi connectivity index (χ3v) is 4.20. The number of nitrogens with zero attached hydrogens (tertiary/aromatic N) is 1. The minimum Gasteiger partial charge on any atom is -0.490 e. The molecule has 3 aromatic rings. The number of hydrogen-bond donors (Lipinski definition) is 1. The van der Waals surface area contributed by atoms with E-state index in [1.807, 2.05) is 57.2 Å². The van der Waals surface area contributed by atoms with Gasteiger partial charge in [-0.2, -0.15) is 0 Å². The number of ether oxygens (including phenoxy) is 2. The molecule has 0 unspecified atom stereocenters. The Morgan fingerprint density at radius 1 is 1.04 bits per heavy atom. The van der Waals surface area contributed by atoms with E-state index in [1.165, 1.54) is 0 Å². The lowest BCUT2D eigenvalue weighted by molar-refractivity contribution is 0.0699. The van der Waals surface area contributed by atoms with Gasteiger partial charge in [0.1, 0.15) is 0 Å². The smallest absolute Gasteiger partial charge is 0.336 e.